The molecule has 56 heavy (non-hydrogen) atoms. The minimum atomic E-state index is -3.97. The molecule has 3 amide bonds. The van der Waals surface area contributed by atoms with Crippen molar-refractivity contribution in [3.05, 3.63) is 59.9 Å². The van der Waals surface area contributed by atoms with Gasteiger partial charge in [-0.2, -0.15) is 0 Å². The number of rotatable bonds is 7. The number of methoxy groups -OCH3 is 2. The largest absolute Gasteiger partial charge is 0.497 e. The zero-order valence-electron chi connectivity index (χ0n) is 32.4. The molecule has 2 saturated carbocycles. The fraction of sp³-hybridized carbons (Fsp3) is 0.537. The van der Waals surface area contributed by atoms with E-state index in [4.69, 9.17) is 19.2 Å². The van der Waals surface area contributed by atoms with Crippen molar-refractivity contribution in [2.24, 2.45) is 5.92 Å². The second kappa shape index (κ2) is 14.2. The highest BCUT2D eigenvalue weighted by atomic mass is 32.2. The van der Waals surface area contributed by atoms with Gasteiger partial charge in [0.05, 0.1) is 36.7 Å². The second-order valence-electron chi connectivity index (χ2n) is 16.4. The fourth-order valence-electron chi connectivity index (χ4n) is 8.59. The second-order valence-corrected chi connectivity index (χ2v) is 18.6. The van der Waals surface area contributed by atoms with Crippen molar-refractivity contribution in [1.29, 1.82) is 0 Å². The Bertz CT molecular complexity index is 2230. The molecule has 2 aromatic heterocycles. The van der Waals surface area contributed by atoms with E-state index in [1.165, 1.54) is 0 Å². The van der Waals surface area contributed by atoms with E-state index in [9.17, 15) is 22.8 Å². The molecule has 2 aliphatic carbocycles. The molecule has 15 heteroatoms. The monoisotopic (exact) mass is 786 g/mol. The molecule has 0 radical (unpaired) electrons. The Balaban J connectivity index is 1.15. The van der Waals surface area contributed by atoms with Crippen LogP contribution >= 0.6 is 0 Å². The lowest BCUT2D eigenvalue weighted by atomic mass is 9.87. The first-order valence-corrected chi connectivity index (χ1v) is 21.1. The van der Waals surface area contributed by atoms with Crippen LogP contribution in [0.5, 0.6) is 17.2 Å². The average Bonchev–Trinajstić information content (AvgIpc) is 4.08. The Hall–Kier alpha value is -4.92. The Morgan fingerprint density at radius 2 is 1.82 bits per heavy atom. The summed E-state index contributed by atoms with van der Waals surface area (Å²) in [6.45, 7) is 3.64. The van der Waals surface area contributed by atoms with Crippen LogP contribution in [0.3, 0.4) is 0 Å². The molecule has 0 bridgehead atoms. The number of allylic oxidation sites excluding steroid dienone is 1. The van der Waals surface area contributed by atoms with Gasteiger partial charge < -0.3 is 29.7 Å². The van der Waals surface area contributed by atoms with Crippen molar-refractivity contribution in [3.8, 4) is 17.2 Å². The van der Waals surface area contributed by atoms with Crippen LogP contribution in [0, 0.1) is 12.8 Å². The van der Waals surface area contributed by atoms with E-state index >= 15 is 0 Å². The van der Waals surface area contributed by atoms with E-state index in [1.54, 1.807) is 44.4 Å². The third-order valence-electron chi connectivity index (χ3n) is 12.5. The van der Waals surface area contributed by atoms with Gasteiger partial charge in [-0.3, -0.25) is 19.1 Å². The summed E-state index contributed by atoms with van der Waals surface area (Å²) in [7, 11) is -0.787. The summed E-state index contributed by atoms with van der Waals surface area (Å²) in [6, 6.07) is 7.46. The Kier molecular flexibility index (Phi) is 9.65. The van der Waals surface area contributed by atoms with Gasteiger partial charge in [0.15, 0.2) is 0 Å². The van der Waals surface area contributed by atoms with E-state index in [2.05, 4.69) is 20.3 Å². The van der Waals surface area contributed by atoms with Crippen LogP contribution in [-0.4, -0.2) is 89.7 Å². The van der Waals surface area contributed by atoms with Crippen molar-refractivity contribution in [1.82, 2.24) is 24.9 Å². The van der Waals surface area contributed by atoms with Crippen LogP contribution in [0.1, 0.15) is 82.4 Å². The molecule has 1 aromatic carbocycles. The van der Waals surface area contributed by atoms with Gasteiger partial charge >= 0.3 is 0 Å². The number of ether oxygens (including phenoxy) is 3. The van der Waals surface area contributed by atoms with E-state index in [-0.39, 0.29) is 25.3 Å². The molecule has 5 atom stereocenters. The zero-order valence-corrected chi connectivity index (χ0v) is 33.2. The highest BCUT2D eigenvalue weighted by molar-refractivity contribution is 7.91. The molecule has 3 aromatic rings. The lowest BCUT2D eigenvalue weighted by Gasteiger charge is -2.36. The van der Waals surface area contributed by atoms with Crippen LogP contribution in [-0.2, 0) is 30.8 Å². The van der Waals surface area contributed by atoms with Crippen molar-refractivity contribution in [2.75, 3.05) is 26.1 Å². The molecule has 3 fully saturated rings. The van der Waals surface area contributed by atoms with E-state index in [0.29, 0.717) is 60.9 Å². The molecule has 3 N–H and O–H groups in total. The number of benzene rings is 1. The minimum Gasteiger partial charge on any atom is -0.497 e. The topological polar surface area (TPSA) is 178 Å². The van der Waals surface area contributed by atoms with Crippen LogP contribution in [0.4, 0.5) is 5.82 Å². The van der Waals surface area contributed by atoms with E-state index in [1.807, 2.05) is 37.3 Å². The summed E-state index contributed by atoms with van der Waals surface area (Å²) in [5, 5.41) is 7.26. The Morgan fingerprint density at radius 1 is 1.04 bits per heavy atom. The predicted molar refractivity (Wildman–Crippen MR) is 209 cm³/mol. The Labute approximate surface area is 327 Å². The number of aromatic nitrogens is 2. The first-order valence-electron chi connectivity index (χ1n) is 19.6. The molecule has 8 rings (SSSR count). The van der Waals surface area contributed by atoms with Crippen LogP contribution in [0.25, 0.3) is 10.9 Å². The molecule has 1 spiro atoms. The maximum atomic E-state index is 14.9. The summed E-state index contributed by atoms with van der Waals surface area (Å²) in [5.41, 5.74) is 0.113. The molecular weight excluding hydrogens is 737 g/mol. The molecule has 5 aliphatic rings. The van der Waals surface area contributed by atoms with Crippen molar-refractivity contribution >= 4 is 44.5 Å². The number of nitrogens with one attached hydrogen (secondary N) is 3. The predicted octanol–water partition coefficient (Wildman–Crippen LogP) is 4.49. The van der Waals surface area contributed by atoms with E-state index in [0.717, 1.165) is 42.1 Å². The number of aryl methyl sites for hydroxylation is 2. The zero-order chi connectivity index (χ0) is 39.5. The lowest BCUT2D eigenvalue weighted by molar-refractivity contribution is -0.140. The number of hydrogen-bond acceptors (Lipinski definition) is 11. The highest BCUT2D eigenvalue weighted by Crippen LogP contribution is 2.49. The SMILES string of the molecule is COc1ccnc(N[C@H]2CCCCC/C=C\[C@@H]3C[C@@]3(C(=O)NS(=O)(=O)C3(C)CC3)NC(=O)[C@@H]3C[C@]4(CCc5c(c(C)nc6ccc(OC)cc56)O4)CN3C2=O)c1. The van der Waals surface area contributed by atoms with Crippen molar-refractivity contribution < 1.29 is 37.0 Å². The number of fused-ring (bicyclic) bond motifs is 5. The summed E-state index contributed by atoms with van der Waals surface area (Å²) in [5.74, 6) is 0.410. The van der Waals surface area contributed by atoms with Gasteiger partial charge in [-0.05, 0) is 89.5 Å². The summed E-state index contributed by atoms with van der Waals surface area (Å²) < 4.78 is 45.7. The fourth-order valence-corrected chi connectivity index (χ4v) is 9.91. The standard InChI is InChI=1S/C41H50N6O8S/c1-25-35-29(30-20-27(53-3)12-13-31(30)43-25)14-16-40(55-35)23-33-36(48)45-41(38(50)46-56(51,52)39(2)17-18-39)22-26(41)10-8-6-5-7-9-11-32(37(49)47(33)24-40)44-34-21-28(54-4)15-19-42-34/h8,10,12-13,15,19-21,26,32-33H,5-7,9,11,14,16-18,22-24H2,1-4H3,(H,42,44)(H,45,48)(H,46,50)/b10-8-/t26-,32+,33+,40-,41-/m1/s1. The molecule has 5 heterocycles. The first-order chi connectivity index (χ1) is 26.8. The minimum absolute atomic E-state index is 0.123. The van der Waals surface area contributed by atoms with Crippen LogP contribution < -0.4 is 29.6 Å². The normalized spacial score (nSPS) is 29.0. The molecular formula is C41H50N6O8S. The average molecular weight is 787 g/mol. The third kappa shape index (κ3) is 6.92. The van der Waals surface area contributed by atoms with Gasteiger partial charge in [0.1, 0.15) is 46.3 Å². The lowest BCUT2D eigenvalue weighted by Crippen LogP contribution is -2.58. The van der Waals surface area contributed by atoms with Crippen molar-refractivity contribution in [2.45, 2.75) is 112 Å². The van der Waals surface area contributed by atoms with E-state index < -0.39 is 55.7 Å². The van der Waals surface area contributed by atoms with Gasteiger partial charge in [-0.1, -0.05) is 25.0 Å². The third-order valence-corrected chi connectivity index (χ3v) is 14.6. The molecule has 14 nitrogen and oxygen atoms in total. The quantitative estimate of drug-likeness (QED) is 0.288. The number of sulfonamides is 1. The molecule has 1 saturated heterocycles. The number of anilines is 1. The number of carbonyl (C=O) groups excluding carboxylic acids is 3. The molecule has 3 aliphatic heterocycles. The molecule has 298 valence electrons. The van der Waals surface area contributed by atoms with Crippen molar-refractivity contribution in [3.63, 3.8) is 0 Å². The number of carbonyl (C=O) groups is 3. The summed E-state index contributed by atoms with van der Waals surface area (Å²) in [6.07, 6.45) is 11.7. The molecule has 0 unspecified atom stereocenters. The number of amides is 3. The maximum absolute atomic E-state index is 14.9. The van der Waals surface area contributed by atoms with Gasteiger partial charge in [0.2, 0.25) is 21.8 Å². The van der Waals surface area contributed by atoms with Gasteiger partial charge in [-0.25, -0.2) is 18.4 Å². The maximum Gasteiger partial charge on any atom is 0.259 e. The Morgan fingerprint density at radius 3 is 2.59 bits per heavy atom. The van der Waals surface area contributed by atoms with Gasteiger partial charge in [-0.15, -0.1) is 0 Å². The summed E-state index contributed by atoms with van der Waals surface area (Å²) >= 11 is 0. The number of hydrogen-bond donors (Lipinski definition) is 3. The number of pyridine rings is 2. The van der Waals surface area contributed by atoms with Gasteiger partial charge in [0.25, 0.3) is 5.91 Å². The highest BCUT2D eigenvalue weighted by Gasteiger charge is 2.64. The van der Waals surface area contributed by atoms with Gasteiger partial charge in [0, 0.05) is 35.6 Å². The van der Waals surface area contributed by atoms with Crippen LogP contribution in [0.15, 0.2) is 48.7 Å². The summed E-state index contributed by atoms with van der Waals surface area (Å²) in [4.78, 5) is 54.6. The first kappa shape index (κ1) is 38.0. The van der Waals surface area contributed by atoms with Crippen LogP contribution in [0.2, 0.25) is 0 Å². The smallest absolute Gasteiger partial charge is 0.259 e. The number of nitrogens with zero attached hydrogens (tertiary/aromatic N) is 3.